The van der Waals surface area contributed by atoms with E-state index in [-0.39, 0.29) is 10.3 Å². The largest absolute Gasteiger partial charge is 0.471 e. The number of hydrogen-bond acceptors (Lipinski definition) is 7. The highest BCUT2D eigenvalue weighted by Gasteiger charge is 2.44. The van der Waals surface area contributed by atoms with Gasteiger partial charge in [-0.15, -0.1) is 0 Å². The molecule has 0 saturated carbocycles. The summed E-state index contributed by atoms with van der Waals surface area (Å²) in [5.74, 6) is -2.14. The third kappa shape index (κ3) is 3.96. The minimum absolute atomic E-state index is 0.224. The van der Waals surface area contributed by atoms with Crippen molar-refractivity contribution in [3.63, 3.8) is 0 Å². The molecule has 0 bridgehead atoms. The van der Waals surface area contributed by atoms with E-state index in [1.165, 1.54) is 0 Å². The highest BCUT2D eigenvalue weighted by molar-refractivity contribution is 7.71. The lowest BCUT2D eigenvalue weighted by atomic mass is 10.1. The topological polar surface area (TPSA) is 128 Å². The second-order valence-corrected chi connectivity index (χ2v) is 6.10. The quantitative estimate of drug-likeness (QED) is 0.480. The highest BCUT2D eigenvalue weighted by atomic mass is 32.1. The van der Waals surface area contributed by atoms with Crippen molar-refractivity contribution < 1.29 is 38.0 Å². The second kappa shape index (κ2) is 7.44. The molecule has 0 radical (unpaired) electrons. The molecule has 1 amide bonds. The standard InChI is InChI=1S/C13H16F3N3O6S/c1-18(11(24)13(14,15)16)2-5-3-19(12(26)17-9(5)23)10-8(22)7(21)6(4-20)25-10/h3,6-8,10,20-22H,2,4H2,1H3,(H,17,23,26)/t6-,7-,8-,10-/m1/s1. The molecule has 13 heteroatoms. The minimum atomic E-state index is -5.10. The van der Waals surface area contributed by atoms with Gasteiger partial charge in [-0.3, -0.25) is 19.1 Å². The molecule has 1 aliphatic rings. The van der Waals surface area contributed by atoms with Crippen molar-refractivity contribution in [2.24, 2.45) is 0 Å². The molecule has 2 heterocycles. The molecule has 1 fully saturated rings. The van der Waals surface area contributed by atoms with Crippen LogP contribution in [0.4, 0.5) is 13.2 Å². The van der Waals surface area contributed by atoms with Crippen molar-refractivity contribution >= 4 is 18.1 Å². The number of ether oxygens (including phenoxy) is 1. The molecule has 2 rings (SSSR count). The Morgan fingerprint density at radius 2 is 2.04 bits per heavy atom. The van der Waals surface area contributed by atoms with Crippen LogP contribution in [0.1, 0.15) is 11.8 Å². The lowest BCUT2D eigenvalue weighted by Crippen LogP contribution is -2.39. The molecule has 4 N–H and O–H groups in total. The molecule has 1 aliphatic heterocycles. The van der Waals surface area contributed by atoms with Crippen LogP contribution < -0.4 is 5.56 Å². The second-order valence-electron chi connectivity index (χ2n) is 5.71. The number of nitrogens with one attached hydrogen (secondary N) is 1. The van der Waals surface area contributed by atoms with E-state index in [0.717, 1.165) is 17.8 Å². The van der Waals surface area contributed by atoms with Crippen LogP contribution in [-0.2, 0) is 16.1 Å². The molecular formula is C13H16F3N3O6S. The Morgan fingerprint density at radius 1 is 1.42 bits per heavy atom. The molecule has 0 unspecified atom stereocenters. The number of rotatable bonds is 4. The van der Waals surface area contributed by atoms with Crippen molar-refractivity contribution in [1.29, 1.82) is 0 Å². The van der Waals surface area contributed by atoms with Crippen molar-refractivity contribution in [2.45, 2.75) is 37.3 Å². The predicted molar refractivity (Wildman–Crippen MR) is 81.4 cm³/mol. The SMILES string of the molecule is CN(Cc1cn([C@@H]2O[C@H](CO)[C@@H](O)[C@H]2O)c(=S)[nH]c1=O)C(=O)C(F)(F)F. The number of alkyl halides is 3. The summed E-state index contributed by atoms with van der Waals surface area (Å²) in [7, 11) is 0.869. The van der Waals surface area contributed by atoms with E-state index in [0.29, 0.717) is 4.90 Å². The van der Waals surface area contributed by atoms with Gasteiger partial charge in [-0.2, -0.15) is 13.2 Å². The number of amides is 1. The van der Waals surface area contributed by atoms with Gasteiger partial charge in [-0.05, 0) is 12.2 Å². The number of carbonyl (C=O) groups excluding carboxylic acids is 1. The third-order valence-corrected chi connectivity index (χ3v) is 4.14. The number of carbonyl (C=O) groups is 1. The fourth-order valence-electron chi connectivity index (χ4n) is 2.48. The summed E-state index contributed by atoms with van der Waals surface area (Å²) in [6.07, 6.45) is -9.40. The smallest absolute Gasteiger partial charge is 0.394 e. The molecule has 0 aliphatic carbocycles. The Bertz CT molecular complexity index is 795. The first-order chi connectivity index (χ1) is 12.0. The van der Waals surface area contributed by atoms with Gasteiger partial charge < -0.3 is 25.0 Å². The van der Waals surface area contributed by atoms with Crippen LogP contribution in [-0.4, -0.2) is 73.8 Å². The zero-order valence-corrected chi connectivity index (χ0v) is 14.1. The van der Waals surface area contributed by atoms with E-state index < -0.39 is 55.3 Å². The number of aliphatic hydroxyl groups excluding tert-OH is 3. The Morgan fingerprint density at radius 3 is 2.54 bits per heavy atom. The zero-order valence-electron chi connectivity index (χ0n) is 13.3. The number of halogens is 3. The van der Waals surface area contributed by atoms with E-state index in [4.69, 9.17) is 22.1 Å². The number of aromatic amines is 1. The van der Waals surface area contributed by atoms with E-state index in [1.54, 1.807) is 0 Å². The van der Waals surface area contributed by atoms with Gasteiger partial charge >= 0.3 is 12.1 Å². The molecular weight excluding hydrogens is 383 g/mol. The molecule has 1 aromatic heterocycles. The molecule has 4 atom stereocenters. The van der Waals surface area contributed by atoms with Gasteiger partial charge in [0.05, 0.1) is 18.7 Å². The van der Waals surface area contributed by atoms with Crippen molar-refractivity contribution in [3.8, 4) is 0 Å². The van der Waals surface area contributed by atoms with E-state index in [9.17, 15) is 33.0 Å². The van der Waals surface area contributed by atoms with E-state index in [1.807, 2.05) is 0 Å². The van der Waals surface area contributed by atoms with Crippen LogP contribution in [0.2, 0.25) is 0 Å². The highest BCUT2D eigenvalue weighted by Crippen LogP contribution is 2.29. The summed E-state index contributed by atoms with van der Waals surface area (Å²) in [5, 5.41) is 28.9. The first-order valence-electron chi connectivity index (χ1n) is 7.26. The molecule has 26 heavy (non-hydrogen) atoms. The van der Waals surface area contributed by atoms with Crippen molar-refractivity contribution in [1.82, 2.24) is 14.5 Å². The maximum absolute atomic E-state index is 12.5. The van der Waals surface area contributed by atoms with Gasteiger partial charge in [0.2, 0.25) is 0 Å². The summed E-state index contributed by atoms with van der Waals surface area (Å²) in [5.41, 5.74) is -1.07. The molecule has 9 nitrogen and oxygen atoms in total. The lowest BCUT2D eigenvalue weighted by molar-refractivity contribution is -0.184. The van der Waals surface area contributed by atoms with Gasteiger partial charge in [-0.1, -0.05) is 0 Å². The summed E-state index contributed by atoms with van der Waals surface area (Å²) in [4.78, 5) is 25.6. The van der Waals surface area contributed by atoms with Gasteiger partial charge in [0.1, 0.15) is 18.3 Å². The number of aliphatic hydroxyl groups is 3. The molecule has 0 aromatic carbocycles. The monoisotopic (exact) mass is 399 g/mol. The number of nitrogens with zero attached hydrogens (tertiary/aromatic N) is 2. The average Bonchev–Trinajstić information content (AvgIpc) is 2.83. The Balaban J connectivity index is 2.34. The van der Waals surface area contributed by atoms with E-state index >= 15 is 0 Å². The Kier molecular flexibility index (Phi) is 5.87. The van der Waals surface area contributed by atoms with Gasteiger partial charge in [-0.25, -0.2) is 0 Å². The maximum Gasteiger partial charge on any atom is 0.471 e. The normalized spacial score (nSPS) is 26.1. The number of aromatic nitrogens is 2. The summed E-state index contributed by atoms with van der Waals surface area (Å²) < 4.78 is 43.5. The minimum Gasteiger partial charge on any atom is -0.394 e. The van der Waals surface area contributed by atoms with Crippen LogP contribution in [0.15, 0.2) is 11.0 Å². The van der Waals surface area contributed by atoms with Crippen LogP contribution in [0.25, 0.3) is 0 Å². The molecule has 0 spiro atoms. The van der Waals surface area contributed by atoms with Gasteiger partial charge in [0.25, 0.3) is 5.56 Å². The Labute approximate surface area is 149 Å². The maximum atomic E-state index is 12.5. The first-order valence-corrected chi connectivity index (χ1v) is 7.67. The third-order valence-electron chi connectivity index (χ3n) is 3.83. The van der Waals surface area contributed by atoms with Crippen LogP contribution in [0.5, 0.6) is 0 Å². The Hall–Kier alpha value is -1.80. The zero-order chi connectivity index (χ0) is 19.8. The fourth-order valence-corrected chi connectivity index (χ4v) is 2.73. The van der Waals surface area contributed by atoms with Crippen LogP contribution in [0, 0.1) is 4.77 Å². The lowest BCUT2D eigenvalue weighted by Gasteiger charge is -2.21. The van der Waals surface area contributed by atoms with Gasteiger partial charge in [0, 0.05) is 13.2 Å². The molecule has 1 aromatic rings. The first kappa shape index (κ1) is 20.5. The van der Waals surface area contributed by atoms with Crippen molar-refractivity contribution in [3.05, 3.63) is 26.9 Å². The predicted octanol–water partition coefficient (Wildman–Crippen LogP) is -0.962. The average molecular weight is 399 g/mol. The fraction of sp³-hybridized carbons (Fsp3) is 0.615. The number of H-pyrrole nitrogens is 1. The van der Waals surface area contributed by atoms with Crippen molar-refractivity contribution in [2.75, 3.05) is 13.7 Å². The molecule has 146 valence electrons. The van der Waals surface area contributed by atoms with Gasteiger partial charge in [0.15, 0.2) is 11.0 Å². The van der Waals surface area contributed by atoms with Crippen LogP contribution in [0.3, 0.4) is 0 Å². The molecule has 1 saturated heterocycles. The summed E-state index contributed by atoms with van der Waals surface area (Å²) >= 11 is 4.94. The summed E-state index contributed by atoms with van der Waals surface area (Å²) in [6, 6.07) is 0. The van der Waals surface area contributed by atoms with E-state index in [2.05, 4.69) is 4.98 Å². The summed E-state index contributed by atoms with van der Waals surface area (Å²) in [6.45, 7) is -1.28. The van der Waals surface area contributed by atoms with Crippen LogP contribution >= 0.6 is 12.2 Å². The number of hydrogen-bond donors (Lipinski definition) is 4.